The Balaban J connectivity index is 1.81. The molecular weight excluding hydrogens is 286 g/mol. The van der Waals surface area contributed by atoms with E-state index in [1.54, 1.807) is 12.4 Å². The van der Waals surface area contributed by atoms with E-state index in [0.717, 1.165) is 17.7 Å². The van der Waals surface area contributed by atoms with Gasteiger partial charge in [-0.2, -0.15) is 0 Å². The third-order valence-electron chi connectivity index (χ3n) is 3.81. The topological polar surface area (TPSA) is 47.9 Å². The van der Waals surface area contributed by atoms with Crippen molar-refractivity contribution in [2.45, 2.75) is 58.8 Å². The first-order valence-corrected chi connectivity index (χ1v) is 8.73. The number of aryl methyl sites for hydroxylation is 1. The van der Waals surface area contributed by atoms with E-state index in [1.807, 2.05) is 13.1 Å². The highest BCUT2D eigenvalue weighted by atomic mass is 16.5. The molecule has 0 bridgehead atoms. The van der Waals surface area contributed by atoms with Crippen LogP contribution in [0.1, 0.15) is 58.1 Å². The van der Waals surface area contributed by atoms with Crippen molar-refractivity contribution in [3.05, 3.63) is 36.4 Å². The number of rotatable bonds is 10. The van der Waals surface area contributed by atoms with Crippen molar-refractivity contribution in [3.63, 3.8) is 0 Å². The molecule has 2 aromatic heterocycles. The fourth-order valence-corrected chi connectivity index (χ4v) is 2.50. The van der Waals surface area contributed by atoms with Crippen LogP contribution in [0, 0.1) is 0 Å². The van der Waals surface area contributed by atoms with Crippen molar-refractivity contribution < 1.29 is 4.74 Å². The molecule has 0 saturated carbocycles. The highest BCUT2D eigenvalue weighted by molar-refractivity contribution is 5.53. The monoisotopic (exact) mass is 313 g/mol. The SMILES string of the molecule is CCCCCCCCc1ccc(-c2ncc(OCC)cn2)cn1. The summed E-state index contributed by atoms with van der Waals surface area (Å²) in [7, 11) is 0. The van der Waals surface area contributed by atoms with Crippen molar-refractivity contribution in [3.8, 4) is 17.1 Å². The van der Waals surface area contributed by atoms with Crippen LogP contribution in [0.3, 0.4) is 0 Å². The van der Waals surface area contributed by atoms with Crippen LogP contribution in [0.4, 0.5) is 0 Å². The maximum atomic E-state index is 5.35. The number of nitrogens with zero attached hydrogens (tertiary/aromatic N) is 3. The molecular formula is C19H27N3O. The van der Waals surface area contributed by atoms with Crippen LogP contribution in [0.15, 0.2) is 30.7 Å². The minimum Gasteiger partial charge on any atom is -0.491 e. The normalized spacial score (nSPS) is 10.7. The minimum absolute atomic E-state index is 0.622. The molecule has 0 N–H and O–H groups in total. The van der Waals surface area contributed by atoms with Crippen molar-refractivity contribution >= 4 is 0 Å². The summed E-state index contributed by atoms with van der Waals surface area (Å²) in [6.07, 6.45) is 14.2. The third-order valence-corrected chi connectivity index (χ3v) is 3.81. The lowest BCUT2D eigenvalue weighted by atomic mass is 10.1. The molecule has 0 aliphatic heterocycles. The molecule has 0 saturated heterocycles. The maximum absolute atomic E-state index is 5.35. The van der Waals surface area contributed by atoms with Gasteiger partial charge in [0.1, 0.15) is 0 Å². The fourth-order valence-electron chi connectivity index (χ4n) is 2.50. The zero-order chi connectivity index (χ0) is 16.3. The Kier molecular flexibility index (Phi) is 7.50. The molecule has 2 heterocycles. The third kappa shape index (κ3) is 5.97. The fraction of sp³-hybridized carbons (Fsp3) is 0.526. The van der Waals surface area contributed by atoms with E-state index in [-0.39, 0.29) is 0 Å². The van der Waals surface area contributed by atoms with Crippen LogP contribution in [0.5, 0.6) is 5.75 Å². The molecule has 0 amide bonds. The van der Waals surface area contributed by atoms with Gasteiger partial charge in [-0.25, -0.2) is 9.97 Å². The Labute approximate surface area is 139 Å². The first-order valence-electron chi connectivity index (χ1n) is 8.73. The van der Waals surface area contributed by atoms with Gasteiger partial charge in [-0.05, 0) is 31.9 Å². The molecule has 0 radical (unpaired) electrons. The Hall–Kier alpha value is -1.97. The molecule has 124 valence electrons. The van der Waals surface area contributed by atoms with Crippen LogP contribution >= 0.6 is 0 Å². The summed E-state index contributed by atoms with van der Waals surface area (Å²) in [4.78, 5) is 13.2. The van der Waals surface area contributed by atoms with Gasteiger partial charge in [0.2, 0.25) is 0 Å². The molecule has 23 heavy (non-hydrogen) atoms. The summed E-state index contributed by atoms with van der Waals surface area (Å²) >= 11 is 0. The zero-order valence-corrected chi connectivity index (χ0v) is 14.3. The highest BCUT2D eigenvalue weighted by Gasteiger charge is 2.03. The second kappa shape index (κ2) is 9.93. The molecule has 2 aromatic rings. The molecule has 4 heteroatoms. The van der Waals surface area contributed by atoms with Gasteiger partial charge in [0, 0.05) is 17.5 Å². The van der Waals surface area contributed by atoms with Crippen molar-refractivity contribution in [2.24, 2.45) is 0 Å². The Morgan fingerprint density at radius 3 is 2.22 bits per heavy atom. The molecule has 0 atom stereocenters. The van der Waals surface area contributed by atoms with E-state index in [1.165, 1.54) is 38.5 Å². The van der Waals surface area contributed by atoms with E-state index in [9.17, 15) is 0 Å². The number of unbranched alkanes of at least 4 members (excludes halogenated alkanes) is 5. The van der Waals surface area contributed by atoms with Gasteiger partial charge in [0.05, 0.1) is 19.0 Å². The summed E-state index contributed by atoms with van der Waals surface area (Å²) in [5, 5.41) is 0. The Morgan fingerprint density at radius 1 is 0.826 bits per heavy atom. The lowest BCUT2D eigenvalue weighted by molar-refractivity contribution is 0.337. The first-order chi connectivity index (χ1) is 11.3. The number of ether oxygens (including phenoxy) is 1. The predicted octanol–water partition coefficient (Wildman–Crippen LogP) is 4.84. The largest absolute Gasteiger partial charge is 0.491 e. The average Bonchev–Trinajstić information content (AvgIpc) is 2.60. The molecule has 0 aliphatic rings. The van der Waals surface area contributed by atoms with Crippen molar-refractivity contribution in [1.82, 2.24) is 15.0 Å². The summed E-state index contributed by atoms with van der Waals surface area (Å²) in [6.45, 7) is 4.82. The predicted molar refractivity (Wildman–Crippen MR) is 93.5 cm³/mol. The Morgan fingerprint density at radius 2 is 1.57 bits per heavy atom. The van der Waals surface area contributed by atoms with Gasteiger partial charge in [-0.15, -0.1) is 0 Å². The molecule has 2 rings (SSSR count). The molecule has 0 aromatic carbocycles. The first kappa shape index (κ1) is 17.4. The van der Waals surface area contributed by atoms with E-state index in [2.05, 4.69) is 34.0 Å². The number of hydrogen-bond donors (Lipinski definition) is 0. The van der Waals surface area contributed by atoms with Gasteiger partial charge in [-0.3, -0.25) is 4.98 Å². The minimum atomic E-state index is 0.622. The summed E-state index contributed by atoms with van der Waals surface area (Å²) < 4.78 is 5.35. The van der Waals surface area contributed by atoms with E-state index < -0.39 is 0 Å². The molecule has 4 nitrogen and oxygen atoms in total. The molecule has 0 spiro atoms. The number of pyridine rings is 1. The van der Waals surface area contributed by atoms with Crippen molar-refractivity contribution in [1.29, 1.82) is 0 Å². The highest BCUT2D eigenvalue weighted by Crippen LogP contribution is 2.17. The van der Waals surface area contributed by atoms with Gasteiger partial charge in [0.25, 0.3) is 0 Å². The Bertz CT molecular complexity index is 552. The van der Waals surface area contributed by atoms with E-state index in [0.29, 0.717) is 18.2 Å². The second-order valence-corrected chi connectivity index (χ2v) is 5.73. The second-order valence-electron chi connectivity index (χ2n) is 5.73. The summed E-state index contributed by atoms with van der Waals surface area (Å²) in [6, 6.07) is 4.14. The molecule has 0 aliphatic carbocycles. The van der Waals surface area contributed by atoms with Gasteiger partial charge >= 0.3 is 0 Å². The summed E-state index contributed by atoms with van der Waals surface area (Å²) in [5.74, 6) is 1.39. The lowest BCUT2D eigenvalue weighted by Gasteiger charge is -2.05. The number of hydrogen-bond acceptors (Lipinski definition) is 4. The van der Waals surface area contributed by atoms with Crippen LogP contribution in [0.2, 0.25) is 0 Å². The summed E-state index contributed by atoms with van der Waals surface area (Å²) in [5.41, 5.74) is 2.09. The molecule has 0 fully saturated rings. The smallest absolute Gasteiger partial charge is 0.160 e. The average molecular weight is 313 g/mol. The zero-order valence-electron chi connectivity index (χ0n) is 14.3. The number of aromatic nitrogens is 3. The van der Waals surface area contributed by atoms with Crippen LogP contribution < -0.4 is 4.74 Å². The van der Waals surface area contributed by atoms with E-state index in [4.69, 9.17) is 4.74 Å². The van der Waals surface area contributed by atoms with Gasteiger partial charge in [-0.1, -0.05) is 39.0 Å². The quantitative estimate of drug-likeness (QED) is 0.589. The van der Waals surface area contributed by atoms with Crippen LogP contribution in [0.25, 0.3) is 11.4 Å². The van der Waals surface area contributed by atoms with E-state index >= 15 is 0 Å². The maximum Gasteiger partial charge on any atom is 0.160 e. The van der Waals surface area contributed by atoms with Gasteiger partial charge < -0.3 is 4.74 Å². The lowest BCUT2D eigenvalue weighted by Crippen LogP contribution is -1.96. The van der Waals surface area contributed by atoms with Crippen LogP contribution in [-0.2, 0) is 6.42 Å². The van der Waals surface area contributed by atoms with Crippen molar-refractivity contribution in [2.75, 3.05) is 6.61 Å². The van der Waals surface area contributed by atoms with Crippen LogP contribution in [-0.4, -0.2) is 21.6 Å². The molecule has 0 unspecified atom stereocenters. The standard InChI is InChI=1S/C19H27N3O/c1-3-5-6-7-8-9-10-17-12-11-16(13-20-17)19-21-14-18(15-22-19)23-4-2/h11-15H,3-10H2,1-2H3. The van der Waals surface area contributed by atoms with Gasteiger partial charge in [0.15, 0.2) is 11.6 Å².